The normalized spacial score (nSPS) is 13.2. The lowest BCUT2D eigenvalue weighted by Gasteiger charge is -2.17. The van der Waals surface area contributed by atoms with E-state index in [-0.39, 0.29) is 34.4 Å². The van der Waals surface area contributed by atoms with Crippen LogP contribution in [0, 0.1) is 12.8 Å². The first-order chi connectivity index (χ1) is 11.9. The molecule has 0 aliphatic heterocycles. The second kappa shape index (κ2) is 7.14. The molecule has 2 N–H and O–H groups in total. The molecule has 10 heteroatoms. The second-order valence-electron chi connectivity index (χ2n) is 6.31. The molecule has 2 aromatic rings. The van der Waals surface area contributed by atoms with Gasteiger partial charge in [-0.25, -0.2) is 9.78 Å². The highest BCUT2D eigenvalue weighted by Gasteiger charge is 2.33. The molecule has 1 unspecified atom stereocenters. The van der Waals surface area contributed by atoms with E-state index >= 15 is 0 Å². The quantitative estimate of drug-likeness (QED) is 0.816. The highest BCUT2D eigenvalue weighted by molar-refractivity contribution is 6.33. The lowest BCUT2D eigenvalue weighted by Crippen LogP contribution is -2.42. The number of hydrogen-bond acceptors (Lipinski definition) is 3. The number of aryl methyl sites for hydroxylation is 1. The minimum Gasteiger partial charge on any atom is -0.480 e. The van der Waals surface area contributed by atoms with Crippen LogP contribution in [0.5, 0.6) is 0 Å². The van der Waals surface area contributed by atoms with Crippen molar-refractivity contribution < 1.29 is 27.9 Å². The van der Waals surface area contributed by atoms with Gasteiger partial charge in [0, 0.05) is 6.20 Å². The molecular weight excluding hydrogens is 375 g/mol. The van der Waals surface area contributed by atoms with E-state index < -0.39 is 29.7 Å². The number of imidazole rings is 1. The molecule has 142 valence electrons. The molecule has 0 aliphatic rings. The van der Waals surface area contributed by atoms with Gasteiger partial charge in [0.1, 0.15) is 11.7 Å². The Morgan fingerprint density at radius 2 is 2.00 bits per heavy atom. The van der Waals surface area contributed by atoms with Gasteiger partial charge in [-0.15, -0.1) is 0 Å². The van der Waals surface area contributed by atoms with Crippen molar-refractivity contribution in [2.45, 2.75) is 39.4 Å². The van der Waals surface area contributed by atoms with Gasteiger partial charge in [0.05, 0.1) is 16.3 Å². The van der Waals surface area contributed by atoms with E-state index in [1.54, 1.807) is 13.8 Å². The number of nitrogens with one attached hydrogen (secondary N) is 1. The first-order valence-corrected chi connectivity index (χ1v) is 8.08. The highest BCUT2D eigenvalue weighted by atomic mass is 35.5. The lowest BCUT2D eigenvalue weighted by molar-refractivity contribution is -0.140. The number of amides is 1. The number of alkyl halides is 3. The third-order valence-electron chi connectivity index (χ3n) is 3.70. The van der Waals surface area contributed by atoms with Crippen molar-refractivity contribution in [3.05, 3.63) is 34.2 Å². The number of carbonyl (C=O) groups is 2. The van der Waals surface area contributed by atoms with E-state index in [1.807, 2.05) is 0 Å². The van der Waals surface area contributed by atoms with E-state index in [9.17, 15) is 27.9 Å². The van der Waals surface area contributed by atoms with Gasteiger partial charge in [-0.2, -0.15) is 13.2 Å². The number of aliphatic carboxylic acids is 1. The third kappa shape index (κ3) is 4.09. The summed E-state index contributed by atoms with van der Waals surface area (Å²) in [4.78, 5) is 27.9. The number of pyridine rings is 1. The van der Waals surface area contributed by atoms with Crippen molar-refractivity contribution in [3.8, 4) is 0 Å². The number of carbonyl (C=O) groups excluding carboxylic acids is 1. The van der Waals surface area contributed by atoms with Crippen molar-refractivity contribution in [2.75, 3.05) is 0 Å². The van der Waals surface area contributed by atoms with E-state index in [2.05, 4.69) is 10.3 Å². The van der Waals surface area contributed by atoms with Crippen LogP contribution in [0.1, 0.15) is 42.0 Å². The fourth-order valence-corrected chi connectivity index (χ4v) is 2.82. The Bertz CT molecular complexity index is 862. The second-order valence-corrected chi connectivity index (χ2v) is 6.71. The van der Waals surface area contributed by atoms with Crippen molar-refractivity contribution in [2.24, 2.45) is 5.92 Å². The summed E-state index contributed by atoms with van der Waals surface area (Å²) in [7, 11) is 0. The van der Waals surface area contributed by atoms with Crippen LogP contribution in [0.4, 0.5) is 13.2 Å². The summed E-state index contributed by atoms with van der Waals surface area (Å²) in [5.74, 6) is -2.07. The minimum atomic E-state index is -4.66. The van der Waals surface area contributed by atoms with Crippen LogP contribution in [0.3, 0.4) is 0 Å². The molecule has 6 nitrogen and oxygen atoms in total. The average molecular weight is 392 g/mol. The van der Waals surface area contributed by atoms with Crippen LogP contribution in [-0.2, 0) is 11.0 Å². The number of rotatable bonds is 5. The fourth-order valence-electron chi connectivity index (χ4n) is 2.57. The van der Waals surface area contributed by atoms with Gasteiger partial charge in [0.2, 0.25) is 0 Å². The first-order valence-electron chi connectivity index (χ1n) is 7.70. The topological polar surface area (TPSA) is 83.7 Å². The van der Waals surface area contributed by atoms with Crippen LogP contribution >= 0.6 is 11.6 Å². The maximum atomic E-state index is 13.0. The summed E-state index contributed by atoms with van der Waals surface area (Å²) < 4.78 is 40.0. The summed E-state index contributed by atoms with van der Waals surface area (Å²) >= 11 is 5.87. The number of hydrogen-bond donors (Lipinski definition) is 2. The minimum absolute atomic E-state index is 0.00837. The molecule has 0 saturated heterocycles. The summed E-state index contributed by atoms with van der Waals surface area (Å²) in [5.41, 5.74) is -1.11. The number of fused-ring (bicyclic) bond motifs is 1. The average Bonchev–Trinajstić information content (AvgIpc) is 2.81. The predicted molar refractivity (Wildman–Crippen MR) is 88.3 cm³/mol. The van der Waals surface area contributed by atoms with Crippen molar-refractivity contribution in [3.63, 3.8) is 0 Å². The molecule has 0 aromatic carbocycles. The molecule has 2 aromatic heterocycles. The number of halogens is 4. The molecular formula is C16H17ClF3N3O3. The Hall–Kier alpha value is -2.29. The van der Waals surface area contributed by atoms with Gasteiger partial charge in [-0.1, -0.05) is 25.4 Å². The molecule has 0 saturated carbocycles. The maximum Gasteiger partial charge on any atom is 0.417 e. The van der Waals surface area contributed by atoms with Crippen molar-refractivity contribution in [1.82, 2.24) is 14.7 Å². The summed E-state index contributed by atoms with van der Waals surface area (Å²) in [6, 6.07) is -0.446. The third-order valence-corrected chi connectivity index (χ3v) is 3.98. The monoisotopic (exact) mass is 391 g/mol. The Labute approximate surface area is 152 Å². The number of nitrogens with zero attached hydrogens (tertiary/aromatic N) is 2. The van der Waals surface area contributed by atoms with Gasteiger partial charge in [-0.3, -0.25) is 9.20 Å². The van der Waals surface area contributed by atoms with Gasteiger partial charge in [0.15, 0.2) is 5.65 Å². The van der Waals surface area contributed by atoms with Crippen LogP contribution in [0.15, 0.2) is 12.3 Å². The predicted octanol–water partition coefficient (Wildman–Crippen LogP) is 3.54. The fraction of sp³-hybridized carbons (Fsp3) is 0.438. The van der Waals surface area contributed by atoms with Crippen molar-refractivity contribution in [1.29, 1.82) is 0 Å². The summed E-state index contributed by atoms with van der Waals surface area (Å²) in [5, 5.41) is 11.3. The van der Waals surface area contributed by atoms with Crippen LogP contribution < -0.4 is 5.32 Å². The van der Waals surface area contributed by atoms with Crippen LogP contribution in [-0.4, -0.2) is 32.4 Å². The summed E-state index contributed by atoms with van der Waals surface area (Å²) in [6.07, 6.45) is -3.77. The zero-order chi connectivity index (χ0) is 19.8. The van der Waals surface area contributed by atoms with Crippen LogP contribution in [0.25, 0.3) is 5.65 Å². The molecule has 0 aliphatic carbocycles. The molecule has 1 amide bonds. The summed E-state index contributed by atoms with van der Waals surface area (Å²) in [6.45, 7) is 5.01. The van der Waals surface area contributed by atoms with Crippen molar-refractivity contribution >= 4 is 29.1 Å². The maximum absolute atomic E-state index is 13.0. The molecule has 0 fully saturated rings. The van der Waals surface area contributed by atoms with E-state index in [0.29, 0.717) is 6.20 Å². The molecule has 0 spiro atoms. The van der Waals surface area contributed by atoms with Gasteiger partial charge >= 0.3 is 12.1 Å². The molecule has 1 atom stereocenters. The van der Waals surface area contributed by atoms with E-state index in [4.69, 9.17) is 11.6 Å². The molecule has 26 heavy (non-hydrogen) atoms. The highest BCUT2D eigenvalue weighted by Crippen LogP contribution is 2.33. The van der Waals surface area contributed by atoms with Gasteiger partial charge in [-0.05, 0) is 25.3 Å². The Kier molecular flexibility index (Phi) is 5.50. The number of aromatic nitrogens is 2. The Balaban J connectivity index is 2.51. The molecule has 0 bridgehead atoms. The smallest absolute Gasteiger partial charge is 0.417 e. The largest absolute Gasteiger partial charge is 0.480 e. The zero-order valence-electron chi connectivity index (χ0n) is 14.2. The number of carboxylic acid groups (broad SMARTS) is 1. The zero-order valence-corrected chi connectivity index (χ0v) is 14.9. The van der Waals surface area contributed by atoms with E-state index in [1.165, 1.54) is 6.92 Å². The van der Waals surface area contributed by atoms with Gasteiger partial charge in [0.25, 0.3) is 5.91 Å². The molecule has 2 rings (SSSR count). The lowest BCUT2D eigenvalue weighted by atomic mass is 10.0. The Morgan fingerprint density at radius 1 is 1.38 bits per heavy atom. The standard InChI is InChI=1S/C16H17ClF3N3O3/c1-7(2)4-11(15(25)26)22-14(24)12-8(3)21-13-10(17)5-9(6-23(12)13)16(18,19)20/h5-7,11H,4H2,1-3H3,(H,22,24)(H,25,26). The van der Waals surface area contributed by atoms with E-state index in [0.717, 1.165) is 10.5 Å². The SMILES string of the molecule is Cc1nc2c(Cl)cc(C(F)(F)F)cn2c1C(=O)NC(CC(C)C)C(=O)O. The molecule has 0 radical (unpaired) electrons. The van der Waals surface area contributed by atoms with Crippen LogP contribution in [0.2, 0.25) is 5.02 Å². The Morgan fingerprint density at radius 3 is 2.50 bits per heavy atom. The van der Waals surface area contributed by atoms with Gasteiger partial charge < -0.3 is 10.4 Å². The molecule has 2 heterocycles. The first kappa shape index (κ1) is 20.0. The number of carboxylic acids is 1.